The molecule has 0 aliphatic heterocycles. The van der Waals surface area contributed by atoms with Gasteiger partial charge in [0.15, 0.2) is 11.5 Å². The molecule has 15 heteroatoms. The summed E-state index contributed by atoms with van der Waals surface area (Å²) in [5.74, 6) is -0.842. The molecule has 0 bridgehead atoms. The van der Waals surface area contributed by atoms with Crippen LogP contribution in [0.4, 0.5) is 5.82 Å². The lowest BCUT2D eigenvalue weighted by molar-refractivity contribution is -0.162. The van der Waals surface area contributed by atoms with E-state index in [1.165, 1.54) is 12.7 Å². The predicted molar refractivity (Wildman–Crippen MR) is 125 cm³/mol. The zero-order valence-corrected chi connectivity index (χ0v) is 21.7. The Balaban J connectivity index is 0.00000612. The number of hydrogen-bond donors (Lipinski definition) is 1. The van der Waals surface area contributed by atoms with E-state index in [4.69, 9.17) is 29.0 Å². The number of fused-ring (bicyclic) bond motifs is 1. The Hall–Kier alpha value is -2.64. The summed E-state index contributed by atoms with van der Waals surface area (Å²) in [6.07, 6.45) is 2.38. The number of esters is 2. The summed E-state index contributed by atoms with van der Waals surface area (Å²) < 4.78 is 40.7. The SMILES string of the molecule is CC(C)(C)C(=O)OCOP(=O)(COCCn1cnc2c(N)ncnc21)OCOC(=O)C(C)(C)C.O. The molecular formula is C20H34N5O9P. The van der Waals surface area contributed by atoms with Crippen molar-refractivity contribution in [3.8, 4) is 0 Å². The second-order valence-electron chi connectivity index (χ2n) is 9.37. The third kappa shape index (κ3) is 9.15. The summed E-state index contributed by atoms with van der Waals surface area (Å²) in [6, 6.07) is 0. The third-order valence-corrected chi connectivity index (χ3v) is 5.76. The Labute approximate surface area is 203 Å². The van der Waals surface area contributed by atoms with Gasteiger partial charge in [-0.15, -0.1) is 0 Å². The number of hydrogen-bond acceptors (Lipinski definition) is 12. The number of ether oxygens (including phenoxy) is 3. The van der Waals surface area contributed by atoms with Crippen molar-refractivity contribution in [3.05, 3.63) is 12.7 Å². The zero-order valence-electron chi connectivity index (χ0n) is 20.8. The van der Waals surface area contributed by atoms with Gasteiger partial charge >= 0.3 is 19.5 Å². The highest BCUT2D eigenvalue weighted by Crippen LogP contribution is 2.48. The van der Waals surface area contributed by atoms with Crippen LogP contribution in [0.25, 0.3) is 11.2 Å². The molecule has 2 aromatic rings. The Morgan fingerprint density at radius 1 is 0.971 bits per heavy atom. The van der Waals surface area contributed by atoms with E-state index >= 15 is 0 Å². The van der Waals surface area contributed by atoms with E-state index in [2.05, 4.69) is 15.0 Å². The summed E-state index contributed by atoms with van der Waals surface area (Å²) in [4.78, 5) is 36.0. The van der Waals surface area contributed by atoms with Crippen LogP contribution in [-0.4, -0.2) is 63.5 Å². The van der Waals surface area contributed by atoms with Crippen LogP contribution in [0.5, 0.6) is 0 Å². The maximum Gasteiger partial charge on any atom is 0.361 e. The van der Waals surface area contributed by atoms with Gasteiger partial charge in [-0.2, -0.15) is 0 Å². The Morgan fingerprint density at radius 2 is 1.51 bits per heavy atom. The van der Waals surface area contributed by atoms with E-state index in [0.717, 1.165) is 0 Å². The van der Waals surface area contributed by atoms with E-state index in [9.17, 15) is 14.2 Å². The lowest BCUT2D eigenvalue weighted by atomic mass is 9.98. The number of aromatic nitrogens is 4. The molecule has 0 saturated heterocycles. The highest BCUT2D eigenvalue weighted by Gasteiger charge is 2.30. The molecular weight excluding hydrogens is 485 g/mol. The number of nitrogens with two attached hydrogens (primary N) is 1. The van der Waals surface area contributed by atoms with Crippen LogP contribution in [0.1, 0.15) is 41.5 Å². The number of carbonyl (C=O) groups excluding carboxylic acids is 2. The van der Waals surface area contributed by atoms with E-state index in [1.807, 2.05) is 0 Å². The molecule has 0 saturated carbocycles. The molecule has 2 heterocycles. The van der Waals surface area contributed by atoms with Crippen LogP contribution < -0.4 is 5.73 Å². The molecule has 0 fully saturated rings. The average molecular weight is 519 g/mol. The van der Waals surface area contributed by atoms with Crippen molar-refractivity contribution in [1.29, 1.82) is 0 Å². The van der Waals surface area contributed by atoms with Crippen molar-refractivity contribution >= 4 is 36.5 Å². The minimum absolute atomic E-state index is 0. The summed E-state index contributed by atoms with van der Waals surface area (Å²) in [7, 11) is -3.95. The van der Waals surface area contributed by atoms with Crippen molar-refractivity contribution in [2.24, 2.45) is 10.8 Å². The van der Waals surface area contributed by atoms with Crippen molar-refractivity contribution in [2.45, 2.75) is 48.1 Å². The van der Waals surface area contributed by atoms with Gasteiger partial charge in [0.05, 0.1) is 23.8 Å². The third-order valence-electron chi connectivity index (χ3n) is 4.26. The average Bonchev–Trinajstić information content (AvgIpc) is 3.14. The molecule has 14 nitrogen and oxygen atoms in total. The highest BCUT2D eigenvalue weighted by molar-refractivity contribution is 7.53. The molecule has 0 atom stereocenters. The molecule has 0 aliphatic rings. The van der Waals surface area contributed by atoms with Crippen molar-refractivity contribution in [2.75, 3.05) is 32.3 Å². The quantitative estimate of drug-likeness (QED) is 0.196. The van der Waals surface area contributed by atoms with E-state index in [1.54, 1.807) is 46.1 Å². The lowest BCUT2D eigenvalue weighted by Gasteiger charge is -2.22. The minimum atomic E-state index is -3.95. The molecule has 35 heavy (non-hydrogen) atoms. The van der Waals surface area contributed by atoms with Crippen LogP contribution in [-0.2, 0) is 44.0 Å². The van der Waals surface area contributed by atoms with Gasteiger partial charge in [-0.1, -0.05) is 0 Å². The van der Waals surface area contributed by atoms with Gasteiger partial charge in [-0.3, -0.25) is 23.2 Å². The van der Waals surface area contributed by atoms with Gasteiger partial charge < -0.3 is 30.0 Å². The van der Waals surface area contributed by atoms with Crippen LogP contribution in [0.15, 0.2) is 12.7 Å². The largest absolute Gasteiger partial charge is 0.438 e. The van der Waals surface area contributed by atoms with Crippen LogP contribution in [0, 0.1) is 10.8 Å². The fraction of sp³-hybridized carbons (Fsp3) is 0.650. The van der Waals surface area contributed by atoms with E-state index in [-0.39, 0.29) is 17.9 Å². The maximum absolute atomic E-state index is 13.1. The summed E-state index contributed by atoms with van der Waals surface area (Å²) in [5, 5.41) is 0. The maximum atomic E-state index is 13.1. The van der Waals surface area contributed by atoms with E-state index in [0.29, 0.717) is 17.7 Å². The first-order chi connectivity index (χ1) is 15.7. The van der Waals surface area contributed by atoms with Crippen LogP contribution in [0.2, 0.25) is 0 Å². The molecule has 0 aliphatic carbocycles. The van der Waals surface area contributed by atoms with Crippen molar-refractivity contribution in [3.63, 3.8) is 0 Å². The van der Waals surface area contributed by atoms with Crippen LogP contribution >= 0.6 is 7.60 Å². The van der Waals surface area contributed by atoms with Crippen molar-refractivity contribution < 1.29 is 42.9 Å². The Morgan fingerprint density at radius 3 is 2.03 bits per heavy atom. The number of rotatable bonds is 11. The van der Waals surface area contributed by atoms with Gasteiger partial charge in [-0.25, -0.2) is 15.0 Å². The summed E-state index contributed by atoms with van der Waals surface area (Å²) >= 11 is 0. The summed E-state index contributed by atoms with van der Waals surface area (Å²) in [5.41, 5.74) is 5.21. The highest BCUT2D eigenvalue weighted by atomic mass is 31.2. The first kappa shape index (κ1) is 30.4. The first-order valence-electron chi connectivity index (χ1n) is 10.4. The molecule has 0 aromatic carbocycles. The monoisotopic (exact) mass is 519 g/mol. The number of nitrogen functional groups attached to an aromatic ring is 1. The molecule has 0 spiro atoms. The van der Waals surface area contributed by atoms with Gasteiger partial charge in [0, 0.05) is 6.54 Å². The predicted octanol–water partition coefficient (Wildman–Crippen LogP) is 1.88. The normalized spacial score (nSPS) is 12.3. The van der Waals surface area contributed by atoms with Crippen LogP contribution in [0.3, 0.4) is 0 Å². The fourth-order valence-corrected chi connectivity index (χ4v) is 3.27. The molecule has 0 radical (unpaired) electrons. The molecule has 0 amide bonds. The van der Waals surface area contributed by atoms with Gasteiger partial charge in [0.2, 0.25) is 13.6 Å². The molecule has 2 aromatic heterocycles. The smallest absolute Gasteiger partial charge is 0.361 e. The van der Waals surface area contributed by atoms with Gasteiger partial charge in [-0.05, 0) is 41.5 Å². The van der Waals surface area contributed by atoms with Crippen molar-refractivity contribution in [1.82, 2.24) is 19.5 Å². The number of imidazole rings is 1. The number of carbonyl (C=O) groups is 2. The standard InChI is InChI=1S/C20H32N5O8P.H2O/c1-19(2,3)17(26)30-11-32-34(28,33-12-31-18(27)20(4,5)6)13-29-8-7-25-10-24-14-15(21)22-9-23-16(14)25;/h9-10H,7-8,11-13H2,1-6H3,(H2,21,22,23);1H2. The lowest BCUT2D eigenvalue weighted by Crippen LogP contribution is -2.25. The second-order valence-corrected chi connectivity index (χ2v) is 11.4. The molecule has 2 rings (SSSR count). The zero-order chi connectivity index (χ0) is 25.6. The fourth-order valence-electron chi connectivity index (χ4n) is 2.27. The Bertz CT molecular complexity index is 1010. The van der Waals surface area contributed by atoms with Gasteiger partial charge in [0.25, 0.3) is 0 Å². The molecule has 4 N–H and O–H groups in total. The Kier molecular flexibility index (Phi) is 10.7. The summed E-state index contributed by atoms with van der Waals surface area (Å²) in [6.45, 7) is 9.16. The molecule has 198 valence electrons. The van der Waals surface area contributed by atoms with E-state index < -0.39 is 50.3 Å². The minimum Gasteiger partial charge on any atom is -0.438 e. The topological polar surface area (TPSA) is 198 Å². The first-order valence-corrected chi connectivity index (χ1v) is 12.2. The number of nitrogens with zero attached hydrogens (tertiary/aromatic N) is 4. The number of anilines is 1. The second kappa shape index (κ2) is 12.4. The van der Waals surface area contributed by atoms with Gasteiger partial charge in [0.1, 0.15) is 18.2 Å². The molecule has 0 unspecified atom stereocenters.